The van der Waals surface area contributed by atoms with Crippen molar-refractivity contribution in [3.05, 3.63) is 71.5 Å². The molecule has 1 heterocycles. The molecule has 30 heavy (non-hydrogen) atoms. The number of aryl methyl sites for hydroxylation is 1. The van der Waals surface area contributed by atoms with Gasteiger partial charge < -0.3 is 14.2 Å². The highest BCUT2D eigenvalue weighted by Crippen LogP contribution is 2.41. The van der Waals surface area contributed by atoms with Gasteiger partial charge in [-0.1, -0.05) is 30.3 Å². The summed E-state index contributed by atoms with van der Waals surface area (Å²) < 4.78 is 17.0. The van der Waals surface area contributed by atoms with E-state index in [0.717, 1.165) is 54.0 Å². The number of ether oxygens (including phenoxy) is 3. The second-order valence-corrected chi connectivity index (χ2v) is 7.16. The molecule has 0 atom stereocenters. The number of nitrogens with zero attached hydrogens (tertiary/aromatic N) is 1. The van der Waals surface area contributed by atoms with Gasteiger partial charge in [0.2, 0.25) is 0 Å². The van der Waals surface area contributed by atoms with Crippen molar-refractivity contribution in [1.29, 1.82) is 0 Å². The van der Waals surface area contributed by atoms with Crippen LogP contribution in [0.3, 0.4) is 0 Å². The maximum Gasteiger partial charge on any atom is 0.357 e. The van der Waals surface area contributed by atoms with Gasteiger partial charge in [0, 0.05) is 11.3 Å². The first-order chi connectivity index (χ1) is 14.7. The summed E-state index contributed by atoms with van der Waals surface area (Å²) in [6.45, 7) is 2.47. The molecule has 4 rings (SSSR count). The summed E-state index contributed by atoms with van der Waals surface area (Å²) in [4.78, 5) is 17.3. The number of methoxy groups -OCH3 is 1. The second kappa shape index (κ2) is 8.99. The third kappa shape index (κ3) is 4.01. The van der Waals surface area contributed by atoms with E-state index in [4.69, 9.17) is 19.2 Å². The molecule has 3 aromatic rings. The van der Waals surface area contributed by atoms with Crippen molar-refractivity contribution < 1.29 is 19.0 Å². The molecule has 1 aromatic heterocycles. The molecule has 1 aliphatic rings. The predicted octanol–water partition coefficient (Wildman–Crippen LogP) is 5.61. The van der Waals surface area contributed by atoms with Crippen LogP contribution in [0.2, 0.25) is 0 Å². The Bertz CT molecular complexity index is 1030. The molecule has 0 spiro atoms. The number of hydrogen-bond donors (Lipinski definition) is 0. The lowest BCUT2D eigenvalue weighted by Gasteiger charge is -2.23. The van der Waals surface area contributed by atoms with Crippen LogP contribution >= 0.6 is 0 Å². The lowest BCUT2D eigenvalue weighted by atomic mass is 9.90. The number of esters is 1. The van der Waals surface area contributed by atoms with Gasteiger partial charge in [-0.15, -0.1) is 0 Å². The quantitative estimate of drug-likeness (QED) is 0.501. The number of pyridine rings is 1. The number of para-hydroxylation sites is 1. The topological polar surface area (TPSA) is 57.7 Å². The van der Waals surface area contributed by atoms with E-state index >= 15 is 0 Å². The van der Waals surface area contributed by atoms with Crippen LogP contribution in [0, 0.1) is 0 Å². The molecule has 5 heteroatoms. The van der Waals surface area contributed by atoms with Crippen LogP contribution in [0.25, 0.3) is 11.1 Å². The molecule has 0 saturated carbocycles. The Kier molecular flexibility index (Phi) is 5.98. The van der Waals surface area contributed by atoms with E-state index in [9.17, 15) is 4.79 Å². The number of carbonyl (C=O) groups is 1. The number of aromatic nitrogens is 1. The maximum absolute atomic E-state index is 12.6. The number of rotatable bonds is 6. The van der Waals surface area contributed by atoms with E-state index in [-0.39, 0.29) is 0 Å². The third-order valence-electron chi connectivity index (χ3n) is 5.21. The lowest BCUT2D eigenvalue weighted by molar-refractivity contribution is 0.0594. The van der Waals surface area contributed by atoms with E-state index < -0.39 is 5.97 Å². The van der Waals surface area contributed by atoms with Crippen LogP contribution in [-0.4, -0.2) is 24.7 Å². The van der Waals surface area contributed by atoms with Gasteiger partial charge in [0.15, 0.2) is 5.69 Å². The fourth-order valence-corrected chi connectivity index (χ4v) is 3.84. The normalized spacial score (nSPS) is 12.7. The first-order valence-electron chi connectivity index (χ1n) is 10.3. The molecule has 0 unspecified atom stereocenters. The zero-order valence-corrected chi connectivity index (χ0v) is 17.3. The van der Waals surface area contributed by atoms with Crippen LogP contribution in [0.4, 0.5) is 0 Å². The highest BCUT2D eigenvalue weighted by atomic mass is 16.5. The minimum absolute atomic E-state index is 0.304. The summed E-state index contributed by atoms with van der Waals surface area (Å²) in [6.07, 6.45) is 3.91. The van der Waals surface area contributed by atoms with Crippen molar-refractivity contribution in [1.82, 2.24) is 4.98 Å². The summed E-state index contributed by atoms with van der Waals surface area (Å²) in [7, 11) is 1.38. The Labute approximate surface area is 176 Å². The molecular weight excluding hydrogens is 378 g/mol. The van der Waals surface area contributed by atoms with Gasteiger partial charge in [0.05, 0.1) is 19.3 Å². The molecule has 0 bridgehead atoms. The molecule has 5 nitrogen and oxygen atoms in total. The van der Waals surface area contributed by atoms with E-state index in [1.54, 1.807) is 0 Å². The summed E-state index contributed by atoms with van der Waals surface area (Å²) in [6, 6.07) is 17.3. The largest absolute Gasteiger partial charge is 0.493 e. The fourth-order valence-electron chi connectivity index (χ4n) is 3.84. The zero-order chi connectivity index (χ0) is 20.9. The van der Waals surface area contributed by atoms with Crippen LogP contribution in [0.5, 0.6) is 17.2 Å². The molecule has 0 saturated heterocycles. The third-order valence-corrected chi connectivity index (χ3v) is 5.21. The van der Waals surface area contributed by atoms with Crippen molar-refractivity contribution >= 4 is 5.97 Å². The molecule has 2 aromatic carbocycles. The molecule has 154 valence electrons. The second-order valence-electron chi connectivity index (χ2n) is 7.16. The number of benzene rings is 2. The minimum Gasteiger partial charge on any atom is -0.493 e. The van der Waals surface area contributed by atoms with E-state index in [1.807, 2.05) is 61.5 Å². The summed E-state index contributed by atoms with van der Waals surface area (Å²) in [5, 5.41) is 0. The van der Waals surface area contributed by atoms with Crippen molar-refractivity contribution in [2.75, 3.05) is 13.7 Å². The summed E-state index contributed by atoms with van der Waals surface area (Å²) >= 11 is 0. The Balaban J connectivity index is 1.79. The molecular formula is C25H25NO4. The van der Waals surface area contributed by atoms with Crippen LogP contribution < -0.4 is 9.47 Å². The van der Waals surface area contributed by atoms with Crippen LogP contribution in [-0.2, 0) is 17.6 Å². The maximum atomic E-state index is 12.6. The minimum atomic E-state index is -0.455. The Morgan fingerprint density at radius 3 is 2.37 bits per heavy atom. The van der Waals surface area contributed by atoms with Crippen molar-refractivity contribution in [3.63, 3.8) is 0 Å². The molecule has 0 fully saturated rings. The van der Waals surface area contributed by atoms with Gasteiger partial charge >= 0.3 is 5.97 Å². The monoisotopic (exact) mass is 403 g/mol. The SMILES string of the molecule is CCOc1c2c(nc(C(=O)OC)c1-c1ccc(Oc3ccccc3)cc1)CCCC2. The summed E-state index contributed by atoms with van der Waals surface area (Å²) in [5.74, 6) is 1.78. The first kappa shape index (κ1) is 20.0. The van der Waals surface area contributed by atoms with E-state index in [0.29, 0.717) is 23.6 Å². The molecule has 1 aliphatic carbocycles. The highest BCUT2D eigenvalue weighted by Gasteiger charge is 2.27. The van der Waals surface area contributed by atoms with E-state index in [2.05, 4.69) is 0 Å². The first-order valence-corrected chi connectivity index (χ1v) is 10.3. The van der Waals surface area contributed by atoms with Crippen LogP contribution in [0.15, 0.2) is 54.6 Å². The van der Waals surface area contributed by atoms with Gasteiger partial charge in [-0.2, -0.15) is 0 Å². The molecule has 0 N–H and O–H groups in total. The standard InChI is InChI=1S/C25H25NO4/c1-3-29-24-20-11-7-8-12-21(20)26-23(25(27)28-2)22(24)17-13-15-19(16-14-17)30-18-9-5-4-6-10-18/h4-6,9-10,13-16H,3,7-8,11-12H2,1-2H3. The number of hydrogen-bond acceptors (Lipinski definition) is 5. The van der Waals surface area contributed by atoms with Gasteiger partial charge in [-0.3, -0.25) is 0 Å². The zero-order valence-electron chi connectivity index (χ0n) is 17.3. The smallest absolute Gasteiger partial charge is 0.357 e. The van der Waals surface area contributed by atoms with Crippen molar-refractivity contribution in [2.24, 2.45) is 0 Å². The van der Waals surface area contributed by atoms with Crippen molar-refractivity contribution in [3.8, 4) is 28.4 Å². The van der Waals surface area contributed by atoms with Crippen molar-refractivity contribution in [2.45, 2.75) is 32.6 Å². The lowest BCUT2D eigenvalue weighted by Crippen LogP contribution is -2.16. The molecule has 0 radical (unpaired) electrons. The summed E-state index contributed by atoms with van der Waals surface area (Å²) in [5.41, 5.74) is 3.89. The number of fused-ring (bicyclic) bond motifs is 1. The van der Waals surface area contributed by atoms with Gasteiger partial charge in [0.25, 0.3) is 0 Å². The molecule has 0 amide bonds. The van der Waals surface area contributed by atoms with Gasteiger partial charge in [-0.25, -0.2) is 9.78 Å². The Morgan fingerprint density at radius 2 is 1.67 bits per heavy atom. The fraction of sp³-hybridized carbons (Fsp3) is 0.280. The predicted molar refractivity (Wildman–Crippen MR) is 115 cm³/mol. The highest BCUT2D eigenvalue weighted by molar-refractivity contribution is 5.97. The van der Waals surface area contributed by atoms with Crippen LogP contribution in [0.1, 0.15) is 41.5 Å². The average molecular weight is 403 g/mol. The van der Waals surface area contributed by atoms with E-state index in [1.165, 1.54) is 7.11 Å². The Hall–Kier alpha value is -3.34. The average Bonchev–Trinajstić information content (AvgIpc) is 2.80. The Morgan fingerprint density at radius 1 is 0.967 bits per heavy atom. The van der Waals surface area contributed by atoms with Gasteiger partial charge in [0.1, 0.15) is 17.2 Å². The van der Waals surface area contributed by atoms with Gasteiger partial charge in [-0.05, 0) is 62.4 Å². The molecule has 0 aliphatic heterocycles. The number of carbonyl (C=O) groups excluding carboxylic acids is 1.